The standard InChI is InChI=1S/C5H12.Na.H2O4S.H/c1-3-5-4-2;;1-5(2,3)4;/h3-5H2,1-2H3;;(H2,1,2,3,4);. The van der Waals surface area contributed by atoms with Crippen molar-refractivity contribution in [2.24, 2.45) is 0 Å². The third-order valence-corrected chi connectivity index (χ3v) is 0.707. The topological polar surface area (TPSA) is 74.6 Å². The van der Waals surface area contributed by atoms with E-state index in [1.165, 1.54) is 19.3 Å². The summed E-state index contributed by atoms with van der Waals surface area (Å²) in [5.74, 6) is 0. The van der Waals surface area contributed by atoms with Crippen molar-refractivity contribution in [3.63, 3.8) is 0 Å². The van der Waals surface area contributed by atoms with Gasteiger partial charge in [-0.05, 0) is 0 Å². The minimum atomic E-state index is -4.67. The molecular formula is C5H15NaO4S. The third-order valence-electron chi connectivity index (χ3n) is 0.707. The van der Waals surface area contributed by atoms with Gasteiger partial charge < -0.3 is 0 Å². The van der Waals surface area contributed by atoms with Gasteiger partial charge >= 0.3 is 40.0 Å². The molecule has 0 atom stereocenters. The van der Waals surface area contributed by atoms with Crippen molar-refractivity contribution in [2.45, 2.75) is 33.1 Å². The second-order valence-electron chi connectivity index (χ2n) is 1.80. The summed E-state index contributed by atoms with van der Waals surface area (Å²) >= 11 is 0. The molecule has 0 aromatic heterocycles. The Morgan fingerprint density at radius 2 is 1.27 bits per heavy atom. The Bertz CT molecular complexity index is 133. The Morgan fingerprint density at radius 1 is 1.09 bits per heavy atom. The van der Waals surface area contributed by atoms with E-state index < -0.39 is 10.4 Å². The number of rotatable bonds is 2. The fourth-order valence-corrected chi connectivity index (χ4v) is 0.354. The van der Waals surface area contributed by atoms with Crippen LogP contribution in [0.5, 0.6) is 0 Å². The van der Waals surface area contributed by atoms with Gasteiger partial charge in [-0.25, -0.2) is 0 Å². The molecule has 66 valence electrons. The Balaban J connectivity index is -0.000000107. The second kappa shape index (κ2) is 10.9. The van der Waals surface area contributed by atoms with E-state index in [1.807, 2.05) is 0 Å². The van der Waals surface area contributed by atoms with Crippen LogP contribution in [0.1, 0.15) is 33.1 Å². The van der Waals surface area contributed by atoms with E-state index in [2.05, 4.69) is 13.8 Å². The molecule has 0 aromatic rings. The molecule has 0 saturated heterocycles. The Morgan fingerprint density at radius 3 is 1.27 bits per heavy atom. The zero-order valence-corrected chi connectivity index (χ0v) is 7.06. The predicted octanol–water partition coefficient (Wildman–Crippen LogP) is 0.895. The molecule has 4 nitrogen and oxygen atoms in total. The van der Waals surface area contributed by atoms with Crippen LogP contribution in [0, 0.1) is 0 Å². The van der Waals surface area contributed by atoms with Crippen LogP contribution in [-0.2, 0) is 10.4 Å². The molecule has 0 aromatic carbocycles. The average Bonchev–Trinajstić information content (AvgIpc) is 1.63. The normalized spacial score (nSPS) is 9.09. The van der Waals surface area contributed by atoms with Gasteiger partial charge in [0.05, 0.1) is 0 Å². The summed E-state index contributed by atoms with van der Waals surface area (Å²) < 4.78 is 31.6. The average molecular weight is 194 g/mol. The SMILES string of the molecule is CCCCC.O=S(=O)(O)O.[NaH]. The van der Waals surface area contributed by atoms with Crippen LogP contribution >= 0.6 is 0 Å². The zero-order valence-electron chi connectivity index (χ0n) is 6.24. The van der Waals surface area contributed by atoms with Crippen LogP contribution in [0.15, 0.2) is 0 Å². The van der Waals surface area contributed by atoms with Gasteiger partial charge in [0.2, 0.25) is 0 Å². The molecule has 0 radical (unpaired) electrons. The van der Waals surface area contributed by atoms with Crippen molar-refractivity contribution in [1.29, 1.82) is 0 Å². The summed E-state index contributed by atoms with van der Waals surface area (Å²) in [5.41, 5.74) is 0. The summed E-state index contributed by atoms with van der Waals surface area (Å²) in [6, 6.07) is 0. The van der Waals surface area contributed by atoms with Crippen LogP contribution in [0.4, 0.5) is 0 Å². The molecule has 6 heteroatoms. The molecule has 0 amide bonds. The van der Waals surface area contributed by atoms with E-state index in [-0.39, 0.29) is 29.6 Å². The molecule has 0 rings (SSSR count). The summed E-state index contributed by atoms with van der Waals surface area (Å²) in [7, 11) is -4.67. The number of unbranched alkanes of at least 4 members (excludes halogenated alkanes) is 2. The molecular weight excluding hydrogens is 179 g/mol. The molecule has 2 N–H and O–H groups in total. The van der Waals surface area contributed by atoms with E-state index in [0.717, 1.165) is 0 Å². The van der Waals surface area contributed by atoms with Gasteiger partial charge in [0.25, 0.3) is 0 Å². The molecule has 0 heterocycles. The summed E-state index contributed by atoms with van der Waals surface area (Å²) in [6.45, 7) is 4.42. The second-order valence-corrected chi connectivity index (χ2v) is 2.70. The van der Waals surface area contributed by atoms with Crippen molar-refractivity contribution in [1.82, 2.24) is 0 Å². The molecule has 0 spiro atoms. The number of hydrogen-bond donors (Lipinski definition) is 2. The zero-order chi connectivity index (χ0) is 8.62. The first-order valence-corrected chi connectivity index (χ1v) is 4.51. The van der Waals surface area contributed by atoms with Crippen LogP contribution < -0.4 is 0 Å². The fourth-order valence-electron chi connectivity index (χ4n) is 0.354. The van der Waals surface area contributed by atoms with E-state index in [9.17, 15) is 0 Å². The van der Waals surface area contributed by atoms with Crippen LogP contribution in [0.3, 0.4) is 0 Å². The Labute approximate surface area is 90.3 Å². The summed E-state index contributed by atoms with van der Waals surface area (Å²) in [4.78, 5) is 0. The van der Waals surface area contributed by atoms with E-state index in [4.69, 9.17) is 17.5 Å². The van der Waals surface area contributed by atoms with E-state index in [1.54, 1.807) is 0 Å². The number of hydrogen-bond acceptors (Lipinski definition) is 2. The maximum atomic E-state index is 8.74. The van der Waals surface area contributed by atoms with Crippen LogP contribution in [-0.4, -0.2) is 47.1 Å². The Kier molecular flexibility index (Phi) is 17.6. The first kappa shape index (κ1) is 17.8. The van der Waals surface area contributed by atoms with E-state index >= 15 is 0 Å². The predicted molar refractivity (Wildman–Crippen MR) is 46.5 cm³/mol. The van der Waals surface area contributed by atoms with Crippen LogP contribution in [0.2, 0.25) is 0 Å². The molecule has 0 unspecified atom stereocenters. The van der Waals surface area contributed by atoms with Gasteiger partial charge in [-0.3, -0.25) is 9.11 Å². The quantitative estimate of drug-likeness (QED) is 0.505. The van der Waals surface area contributed by atoms with Crippen molar-refractivity contribution < 1.29 is 17.5 Å². The third kappa shape index (κ3) is 104. The van der Waals surface area contributed by atoms with Crippen molar-refractivity contribution in [3.05, 3.63) is 0 Å². The molecule has 0 saturated carbocycles. The van der Waals surface area contributed by atoms with Gasteiger partial charge in [0.15, 0.2) is 0 Å². The summed E-state index contributed by atoms with van der Waals surface area (Å²) in [6.07, 6.45) is 4.08. The molecule has 0 aliphatic rings. The van der Waals surface area contributed by atoms with Gasteiger partial charge in [0.1, 0.15) is 0 Å². The first-order valence-electron chi connectivity index (χ1n) is 3.11. The summed E-state index contributed by atoms with van der Waals surface area (Å²) in [5, 5.41) is 0. The van der Waals surface area contributed by atoms with Gasteiger partial charge in [-0.15, -0.1) is 0 Å². The van der Waals surface area contributed by atoms with Crippen molar-refractivity contribution >= 4 is 40.0 Å². The van der Waals surface area contributed by atoms with Gasteiger partial charge in [0, 0.05) is 0 Å². The molecule has 0 aliphatic carbocycles. The van der Waals surface area contributed by atoms with Crippen LogP contribution in [0.25, 0.3) is 0 Å². The monoisotopic (exact) mass is 194 g/mol. The minimum absolute atomic E-state index is 0. The fraction of sp³-hybridized carbons (Fsp3) is 1.00. The molecule has 0 bridgehead atoms. The molecule has 11 heavy (non-hydrogen) atoms. The first-order chi connectivity index (χ1) is 4.41. The van der Waals surface area contributed by atoms with Crippen molar-refractivity contribution in [2.75, 3.05) is 0 Å². The van der Waals surface area contributed by atoms with Crippen molar-refractivity contribution in [3.8, 4) is 0 Å². The molecule has 0 fully saturated rings. The molecule has 0 aliphatic heterocycles. The van der Waals surface area contributed by atoms with E-state index in [0.29, 0.717) is 0 Å². The van der Waals surface area contributed by atoms with Gasteiger partial charge in [-0.2, -0.15) is 8.42 Å². The Hall–Kier alpha value is 0.870. The van der Waals surface area contributed by atoms with Gasteiger partial charge in [-0.1, -0.05) is 33.1 Å². The maximum absolute atomic E-state index is 8.74.